The second-order valence-electron chi connectivity index (χ2n) is 5.10. The maximum Gasteiger partial charge on any atom is 0.224 e. The molecular formula is C11H15FN6O3. The summed E-state index contributed by atoms with van der Waals surface area (Å²) in [6.07, 6.45) is -2.46. The molecule has 0 spiro atoms. The Labute approximate surface area is 118 Å². The number of nitrogens with two attached hydrogens (primary N) is 2. The highest BCUT2D eigenvalue weighted by atomic mass is 19.1. The number of fused-ring (bicyclic) bond motifs is 1. The predicted octanol–water partition coefficient (Wildman–Crippen LogP) is -1.03. The molecular weight excluding hydrogens is 283 g/mol. The van der Waals surface area contributed by atoms with Crippen molar-refractivity contribution in [1.82, 2.24) is 19.5 Å². The van der Waals surface area contributed by atoms with Crippen molar-refractivity contribution in [1.29, 1.82) is 0 Å². The van der Waals surface area contributed by atoms with E-state index in [4.69, 9.17) is 21.3 Å². The number of aliphatic hydroxyl groups excluding tert-OH is 2. The molecule has 10 heteroatoms. The van der Waals surface area contributed by atoms with Crippen LogP contribution in [0.3, 0.4) is 0 Å². The number of alkyl halides is 1. The number of hydrogen-bond acceptors (Lipinski definition) is 8. The van der Waals surface area contributed by atoms with Gasteiger partial charge in [0.15, 0.2) is 23.4 Å². The van der Waals surface area contributed by atoms with E-state index in [-0.39, 0.29) is 22.9 Å². The Balaban J connectivity index is 2.13. The smallest absolute Gasteiger partial charge is 0.224 e. The van der Waals surface area contributed by atoms with Crippen molar-refractivity contribution in [2.24, 2.45) is 0 Å². The Morgan fingerprint density at radius 3 is 2.81 bits per heavy atom. The highest BCUT2D eigenvalue weighted by molar-refractivity contribution is 5.82. The van der Waals surface area contributed by atoms with E-state index in [9.17, 15) is 9.50 Å². The summed E-state index contributed by atoms with van der Waals surface area (Å²) < 4.78 is 21.4. The van der Waals surface area contributed by atoms with Gasteiger partial charge in [-0.25, -0.2) is 9.37 Å². The second kappa shape index (κ2) is 4.48. The fourth-order valence-electron chi connectivity index (χ4n) is 2.49. The van der Waals surface area contributed by atoms with Crippen molar-refractivity contribution < 1.29 is 19.3 Å². The van der Waals surface area contributed by atoms with Crippen molar-refractivity contribution in [3.05, 3.63) is 6.33 Å². The molecule has 0 aromatic carbocycles. The van der Waals surface area contributed by atoms with Gasteiger partial charge in [0.25, 0.3) is 0 Å². The summed E-state index contributed by atoms with van der Waals surface area (Å²) in [4.78, 5) is 11.8. The molecule has 6 N–H and O–H groups in total. The Morgan fingerprint density at radius 2 is 2.19 bits per heavy atom. The summed E-state index contributed by atoms with van der Waals surface area (Å²) in [5.41, 5.74) is 9.52. The highest BCUT2D eigenvalue weighted by Gasteiger charge is 2.55. The van der Waals surface area contributed by atoms with Gasteiger partial charge in [-0.3, -0.25) is 4.57 Å². The van der Waals surface area contributed by atoms with Crippen LogP contribution in [0.15, 0.2) is 6.33 Å². The first-order valence-corrected chi connectivity index (χ1v) is 6.25. The lowest BCUT2D eigenvalue weighted by Crippen LogP contribution is -2.40. The lowest BCUT2D eigenvalue weighted by molar-refractivity contribution is -0.0566. The number of anilines is 2. The van der Waals surface area contributed by atoms with Crippen LogP contribution in [-0.4, -0.2) is 54.2 Å². The third-order valence-corrected chi connectivity index (χ3v) is 3.62. The van der Waals surface area contributed by atoms with Crippen LogP contribution in [0.1, 0.15) is 13.2 Å². The second-order valence-corrected chi connectivity index (χ2v) is 5.10. The van der Waals surface area contributed by atoms with Crippen LogP contribution in [0.4, 0.5) is 16.2 Å². The third-order valence-electron chi connectivity index (χ3n) is 3.62. The van der Waals surface area contributed by atoms with Crippen LogP contribution < -0.4 is 11.5 Å². The number of aliphatic hydroxyl groups is 2. The van der Waals surface area contributed by atoms with Crippen LogP contribution >= 0.6 is 0 Å². The molecule has 3 heterocycles. The molecule has 2 unspecified atom stereocenters. The van der Waals surface area contributed by atoms with Gasteiger partial charge in [-0.2, -0.15) is 9.97 Å². The van der Waals surface area contributed by atoms with E-state index in [0.717, 1.165) is 0 Å². The average Bonchev–Trinajstić information content (AvgIpc) is 2.91. The Hall–Kier alpha value is -2.04. The first-order valence-electron chi connectivity index (χ1n) is 6.25. The van der Waals surface area contributed by atoms with E-state index < -0.39 is 30.7 Å². The normalized spacial score (nSPS) is 32.9. The van der Waals surface area contributed by atoms with E-state index >= 15 is 0 Å². The van der Waals surface area contributed by atoms with Crippen molar-refractivity contribution >= 4 is 22.9 Å². The van der Waals surface area contributed by atoms with Crippen LogP contribution in [0.2, 0.25) is 0 Å². The molecule has 0 aliphatic carbocycles. The van der Waals surface area contributed by atoms with Gasteiger partial charge in [0, 0.05) is 0 Å². The number of nitrogen functional groups attached to an aromatic ring is 2. The van der Waals surface area contributed by atoms with Crippen molar-refractivity contribution in [2.45, 2.75) is 31.0 Å². The van der Waals surface area contributed by atoms with Crippen molar-refractivity contribution in [3.8, 4) is 0 Å². The molecule has 2 aromatic heterocycles. The quantitative estimate of drug-likeness (QED) is 0.550. The Bertz CT molecular complexity index is 690. The van der Waals surface area contributed by atoms with Crippen LogP contribution in [-0.2, 0) is 4.74 Å². The Morgan fingerprint density at radius 1 is 1.48 bits per heavy atom. The molecule has 21 heavy (non-hydrogen) atoms. The molecule has 0 bridgehead atoms. The third kappa shape index (κ3) is 1.91. The number of hydrogen-bond donors (Lipinski definition) is 4. The molecule has 4 atom stereocenters. The van der Waals surface area contributed by atoms with E-state index in [2.05, 4.69) is 15.0 Å². The number of nitrogens with zero attached hydrogens (tertiary/aromatic N) is 4. The standard InChI is InChI=1S/C11H15FN6O3/c1-11(12)6(20)4(2-19)21-9(11)18-3-15-5-7(13)16-10(14)17-8(5)18/h3-4,6,9,19-20H,2H2,1H3,(H4,13,14,16,17)/t4-,6?,9-,11?/m1/s1. The number of ether oxygens (including phenoxy) is 1. The average molecular weight is 298 g/mol. The van der Waals surface area contributed by atoms with E-state index in [1.54, 1.807) is 0 Å². The molecule has 0 radical (unpaired) electrons. The summed E-state index contributed by atoms with van der Waals surface area (Å²) in [5.74, 6) is -0.0198. The monoisotopic (exact) mass is 298 g/mol. The minimum absolute atomic E-state index is 0.0639. The van der Waals surface area contributed by atoms with Crippen molar-refractivity contribution in [3.63, 3.8) is 0 Å². The van der Waals surface area contributed by atoms with Gasteiger partial charge in [-0.15, -0.1) is 0 Å². The van der Waals surface area contributed by atoms with E-state index in [1.807, 2.05) is 0 Å². The predicted molar refractivity (Wildman–Crippen MR) is 70.7 cm³/mol. The maximum absolute atomic E-state index is 14.8. The number of imidazole rings is 1. The SMILES string of the molecule is CC1(F)C(O)[C@@H](CO)O[C@H]1n1cnc2c(N)nc(N)nc21. The van der Waals surface area contributed by atoms with Gasteiger partial charge < -0.3 is 26.4 Å². The van der Waals surface area contributed by atoms with Gasteiger partial charge in [0.2, 0.25) is 5.95 Å². The summed E-state index contributed by atoms with van der Waals surface area (Å²) in [7, 11) is 0. The molecule has 0 amide bonds. The molecule has 2 aromatic rings. The minimum Gasteiger partial charge on any atom is -0.394 e. The van der Waals surface area contributed by atoms with Gasteiger partial charge in [-0.05, 0) is 6.92 Å². The molecule has 1 fully saturated rings. The summed E-state index contributed by atoms with van der Waals surface area (Å²) in [6, 6.07) is 0. The lowest BCUT2D eigenvalue weighted by Gasteiger charge is -2.24. The first-order chi connectivity index (χ1) is 9.86. The number of aromatic nitrogens is 4. The molecule has 0 saturated carbocycles. The maximum atomic E-state index is 14.8. The zero-order valence-electron chi connectivity index (χ0n) is 11.1. The molecule has 1 aliphatic heterocycles. The van der Waals surface area contributed by atoms with Crippen LogP contribution in [0, 0.1) is 0 Å². The van der Waals surface area contributed by atoms with Crippen LogP contribution in [0.5, 0.6) is 0 Å². The van der Waals surface area contributed by atoms with E-state index in [0.29, 0.717) is 0 Å². The summed E-state index contributed by atoms with van der Waals surface area (Å²) in [5, 5.41) is 19.0. The van der Waals surface area contributed by atoms with Gasteiger partial charge in [-0.1, -0.05) is 0 Å². The first kappa shape index (κ1) is 13.9. The van der Waals surface area contributed by atoms with E-state index in [1.165, 1.54) is 17.8 Å². The lowest BCUT2D eigenvalue weighted by atomic mass is 9.98. The minimum atomic E-state index is -2.14. The molecule has 114 valence electrons. The molecule has 9 nitrogen and oxygen atoms in total. The summed E-state index contributed by atoms with van der Waals surface area (Å²) >= 11 is 0. The molecule has 3 rings (SSSR count). The van der Waals surface area contributed by atoms with Crippen molar-refractivity contribution in [2.75, 3.05) is 18.1 Å². The fourth-order valence-corrected chi connectivity index (χ4v) is 2.49. The molecule has 1 aliphatic rings. The highest BCUT2D eigenvalue weighted by Crippen LogP contribution is 2.42. The topological polar surface area (TPSA) is 145 Å². The Kier molecular flexibility index (Phi) is 2.97. The van der Waals surface area contributed by atoms with Gasteiger partial charge >= 0.3 is 0 Å². The molecule has 1 saturated heterocycles. The zero-order valence-corrected chi connectivity index (χ0v) is 11.1. The fraction of sp³-hybridized carbons (Fsp3) is 0.545. The van der Waals surface area contributed by atoms with Gasteiger partial charge in [0.1, 0.15) is 17.7 Å². The van der Waals surface area contributed by atoms with Crippen LogP contribution in [0.25, 0.3) is 11.2 Å². The van der Waals surface area contributed by atoms with Gasteiger partial charge in [0.05, 0.1) is 12.9 Å². The largest absolute Gasteiger partial charge is 0.394 e. The summed E-state index contributed by atoms with van der Waals surface area (Å²) in [6.45, 7) is 0.667. The number of rotatable bonds is 2. The zero-order chi connectivity index (χ0) is 15.4. The number of halogens is 1.